The molecule has 0 aromatic rings. The van der Waals surface area contributed by atoms with E-state index >= 15 is 0 Å². The van der Waals surface area contributed by atoms with Crippen molar-refractivity contribution in [1.29, 1.82) is 0 Å². The number of nitrogens with one attached hydrogen (secondary N) is 2. The number of carbonyl (C=O) groups is 6. The van der Waals surface area contributed by atoms with Gasteiger partial charge >= 0.3 is 18.0 Å². The van der Waals surface area contributed by atoms with Gasteiger partial charge in [0, 0.05) is 44.5 Å². The molecule has 18 heteroatoms. The van der Waals surface area contributed by atoms with Gasteiger partial charge in [0.1, 0.15) is 13.2 Å². The second kappa shape index (κ2) is 45.7. The van der Waals surface area contributed by atoms with Crippen LogP contribution in [0.2, 0.25) is 0 Å². The molecule has 0 aromatic heterocycles. The van der Waals surface area contributed by atoms with Crippen LogP contribution >= 0.6 is 7.82 Å². The molecule has 1 unspecified atom stereocenters. The average molecular weight is 1000 g/mol. The number of rotatable bonds is 48. The van der Waals surface area contributed by atoms with Crippen LogP contribution in [0.5, 0.6) is 0 Å². The van der Waals surface area contributed by atoms with E-state index in [2.05, 4.69) is 24.5 Å². The highest BCUT2D eigenvalue weighted by Gasteiger charge is 2.24. The molecule has 1 rings (SSSR count). The molecule has 17 nitrogen and oxygen atoms in total. The van der Waals surface area contributed by atoms with Crippen LogP contribution in [0.3, 0.4) is 0 Å². The molecule has 0 aliphatic carbocycles. The summed E-state index contributed by atoms with van der Waals surface area (Å²) in [6.45, 7) is 2.42. The Morgan fingerprint density at radius 1 is 0.536 bits per heavy atom. The third-order valence-electron chi connectivity index (χ3n) is 11.9. The van der Waals surface area contributed by atoms with Gasteiger partial charge in [-0.3, -0.25) is 33.4 Å². The summed E-state index contributed by atoms with van der Waals surface area (Å²) in [7, 11) is -4.93. The first kappa shape index (κ1) is 65.6. The molecule has 0 aromatic carbocycles. The fourth-order valence-corrected chi connectivity index (χ4v) is 8.50. The number of esters is 2. The molecule has 2 atom stereocenters. The van der Waals surface area contributed by atoms with Gasteiger partial charge < -0.3 is 44.9 Å². The second-order valence-corrected chi connectivity index (χ2v) is 19.5. The number of nitrogens with two attached hydrogens (primary N) is 1. The largest absolute Gasteiger partial charge is 0.756 e. The number of nitrogens with zero attached hydrogens (tertiary/aromatic N) is 1. The first-order valence-electron chi connectivity index (χ1n) is 26.6. The number of alkyl carbamates (subject to hydrolysis) is 1. The molecule has 0 saturated heterocycles. The van der Waals surface area contributed by atoms with Gasteiger partial charge in [-0.05, 0) is 12.8 Å². The number of ether oxygens (including phenoxy) is 3. The first-order chi connectivity index (χ1) is 33.0. The van der Waals surface area contributed by atoms with Gasteiger partial charge in [-0.1, -0.05) is 194 Å². The fourth-order valence-electron chi connectivity index (χ4n) is 7.76. The SMILES string of the molecule is CCCCCCCCCCCCCCCCCC(=O)OC[C@H](COP(=O)([O-])OCCNC(=O)OCCNC(=O)CCN1C(=O)C=CC1=O)OC(=O)CCCCCCCCCCCCCCCCC.[NH2-]. The van der Waals surface area contributed by atoms with Crippen LogP contribution in [0.15, 0.2) is 12.2 Å². The van der Waals surface area contributed by atoms with E-state index in [-0.39, 0.29) is 58.3 Å². The van der Waals surface area contributed by atoms with Crippen LogP contribution in [0, 0.1) is 0 Å². The minimum Gasteiger partial charge on any atom is -0.756 e. The maximum Gasteiger partial charge on any atom is 0.407 e. The molecule has 4 amide bonds. The summed E-state index contributed by atoms with van der Waals surface area (Å²) in [5, 5.41) is 4.81. The smallest absolute Gasteiger partial charge is 0.407 e. The lowest BCUT2D eigenvalue weighted by atomic mass is 10.0. The zero-order valence-electron chi connectivity index (χ0n) is 42.8. The number of phosphoric acid groups is 1. The normalized spacial score (nSPS) is 13.5. The highest BCUT2D eigenvalue weighted by Crippen LogP contribution is 2.38. The van der Waals surface area contributed by atoms with Crippen LogP contribution in [-0.2, 0) is 51.8 Å². The maximum absolute atomic E-state index is 12.8. The number of amides is 4. The van der Waals surface area contributed by atoms with E-state index in [1.165, 1.54) is 141 Å². The lowest BCUT2D eigenvalue weighted by Crippen LogP contribution is -2.36. The zero-order chi connectivity index (χ0) is 49.8. The lowest BCUT2D eigenvalue weighted by Gasteiger charge is -2.25. The van der Waals surface area contributed by atoms with Crippen molar-refractivity contribution in [3.63, 3.8) is 0 Å². The number of imide groups is 1. The highest BCUT2D eigenvalue weighted by molar-refractivity contribution is 7.45. The monoisotopic (exact) mass is 1000 g/mol. The van der Waals surface area contributed by atoms with E-state index in [0.717, 1.165) is 55.6 Å². The predicted octanol–water partition coefficient (Wildman–Crippen LogP) is 11.3. The van der Waals surface area contributed by atoms with Crippen molar-refractivity contribution in [2.24, 2.45) is 0 Å². The van der Waals surface area contributed by atoms with E-state index < -0.39 is 62.9 Å². The molecule has 0 fully saturated rings. The van der Waals surface area contributed by atoms with Gasteiger partial charge in [0.2, 0.25) is 5.91 Å². The average Bonchev–Trinajstić information content (AvgIpc) is 3.64. The molecule has 0 spiro atoms. The van der Waals surface area contributed by atoms with Gasteiger partial charge in [0.15, 0.2) is 6.10 Å². The molecule has 69 heavy (non-hydrogen) atoms. The Kier molecular flexibility index (Phi) is 43.5. The van der Waals surface area contributed by atoms with E-state index in [0.29, 0.717) is 12.8 Å². The van der Waals surface area contributed by atoms with Crippen LogP contribution in [-0.4, -0.2) is 92.8 Å². The van der Waals surface area contributed by atoms with Crippen LogP contribution in [0.25, 0.3) is 6.15 Å². The summed E-state index contributed by atoms with van der Waals surface area (Å²) < 4.78 is 38.3. The molecule has 0 radical (unpaired) electrons. The van der Waals surface area contributed by atoms with Crippen LogP contribution < -0.4 is 15.5 Å². The molecular weight excluding hydrogens is 908 g/mol. The summed E-state index contributed by atoms with van der Waals surface area (Å²) in [5.74, 6) is -2.43. The van der Waals surface area contributed by atoms with Crippen molar-refractivity contribution in [1.82, 2.24) is 15.5 Å². The summed E-state index contributed by atoms with van der Waals surface area (Å²) in [6, 6.07) is 0. The number of unbranched alkanes of at least 4 members (excludes halogenated alkanes) is 28. The Balaban J connectivity index is 0.0000462. The van der Waals surface area contributed by atoms with E-state index in [9.17, 15) is 38.2 Å². The standard InChI is InChI=1S/C51H92N3O13P.H2N/c1-3-5-7-9-11-13-15-17-19-21-23-25-27-29-31-33-49(58)64-43-45(67-50(59)34-32-30-28-26-24-22-20-18-16-14-12-10-8-6-4-2)44-66-68(61,62)65-42-39-53-51(60)63-41-38-52-46(55)37-40-54-47(56)35-36-48(54)57;/h35-36,45H,3-34,37-44H2,1-2H3,(H,52,55)(H,53,60)(H,61,62);1H2/q;-1/p-1/t45-;/m1./s1. The molecule has 0 saturated carbocycles. The van der Waals surface area contributed by atoms with Crippen molar-refractivity contribution in [3.8, 4) is 0 Å². The maximum atomic E-state index is 12.8. The quantitative estimate of drug-likeness (QED) is 0.0189. The molecule has 0 bridgehead atoms. The predicted molar refractivity (Wildman–Crippen MR) is 268 cm³/mol. The van der Waals surface area contributed by atoms with Gasteiger partial charge in [-0.2, -0.15) is 0 Å². The first-order valence-corrected chi connectivity index (χ1v) is 28.1. The molecular formula is C51H93N4O13P-2. The van der Waals surface area contributed by atoms with Crippen molar-refractivity contribution in [2.75, 3.05) is 46.1 Å². The van der Waals surface area contributed by atoms with Crippen molar-refractivity contribution in [3.05, 3.63) is 18.3 Å². The highest BCUT2D eigenvalue weighted by atomic mass is 31.2. The van der Waals surface area contributed by atoms with Crippen molar-refractivity contribution < 1.29 is 61.5 Å². The number of carbonyl (C=O) groups excluding carboxylic acids is 6. The Morgan fingerprint density at radius 3 is 1.39 bits per heavy atom. The summed E-state index contributed by atoms with van der Waals surface area (Å²) in [5.41, 5.74) is 0. The zero-order valence-corrected chi connectivity index (χ0v) is 43.7. The number of hydrogen-bond acceptors (Lipinski definition) is 13. The number of phosphoric ester groups is 1. The molecule has 1 aliphatic rings. The summed E-state index contributed by atoms with van der Waals surface area (Å²) >= 11 is 0. The van der Waals surface area contributed by atoms with Gasteiger partial charge in [-0.25, -0.2) is 4.79 Å². The lowest BCUT2D eigenvalue weighted by molar-refractivity contribution is -0.228. The fraction of sp³-hybridized carbons (Fsp3) is 0.843. The minimum absolute atomic E-state index is 0. The van der Waals surface area contributed by atoms with Gasteiger partial charge in [0.05, 0.1) is 19.8 Å². The second-order valence-electron chi connectivity index (χ2n) is 18.1. The minimum atomic E-state index is -4.93. The van der Waals surface area contributed by atoms with Crippen LogP contribution in [0.1, 0.15) is 226 Å². The third kappa shape index (κ3) is 41.0. The Bertz CT molecular complexity index is 1420. The van der Waals surface area contributed by atoms with E-state index in [1.807, 2.05) is 0 Å². The van der Waals surface area contributed by atoms with Crippen molar-refractivity contribution in [2.45, 2.75) is 232 Å². The molecule has 1 aliphatic heterocycles. The number of hydrogen-bond donors (Lipinski definition) is 2. The van der Waals surface area contributed by atoms with Gasteiger partial charge in [0.25, 0.3) is 19.6 Å². The Labute approximate surface area is 415 Å². The molecule has 4 N–H and O–H groups in total. The van der Waals surface area contributed by atoms with Crippen LogP contribution in [0.4, 0.5) is 4.79 Å². The Morgan fingerprint density at radius 2 is 0.942 bits per heavy atom. The van der Waals surface area contributed by atoms with Gasteiger partial charge in [-0.15, -0.1) is 0 Å². The molecule has 1 heterocycles. The van der Waals surface area contributed by atoms with Crippen molar-refractivity contribution >= 4 is 43.6 Å². The summed E-state index contributed by atoms with van der Waals surface area (Å²) in [4.78, 5) is 86.0. The van der Waals surface area contributed by atoms with E-state index in [1.54, 1.807) is 0 Å². The molecule has 402 valence electrons. The topological polar surface area (TPSA) is 249 Å². The third-order valence-corrected chi connectivity index (χ3v) is 12.8. The summed E-state index contributed by atoms with van der Waals surface area (Å²) in [6.07, 6.45) is 36.5. The Hall–Kier alpha value is -3.37. The van der Waals surface area contributed by atoms with E-state index in [4.69, 9.17) is 23.3 Å².